The van der Waals surface area contributed by atoms with Gasteiger partial charge in [0.15, 0.2) is 5.17 Å². The van der Waals surface area contributed by atoms with Crippen molar-refractivity contribution >= 4 is 28.5 Å². The van der Waals surface area contributed by atoms with E-state index in [1.807, 2.05) is 13.0 Å². The average Bonchev–Trinajstić information content (AvgIpc) is 2.75. The van der Waals surface area contributed by atoms with Crippen LogP contribution in [0, 0.1) is 23.1 Å². The number of carbonyl (C=O) groups is 1. The molecule has 4 atom stereocenters. The van der Waals surface area contributed by atoms with Crippen molar-refractivity contribution in [1.29, 1.82) is 5.26 Å². The molecule has 0 spiro atoms. The van der Waals surface area contributed by atoms with Gasteiger partial charge in [0, 0.05) is 36.2 Å². The molecular formula is C22H24FN5O2S. The smallest absolute Gasteiger partial charge is 0.251 e. The molecule has 4 rings (SSSR count). The number of amidine groups is 1. The number of halogens is 1. The van der Waals surface area contributed by atoms with Crippen molar-refractivity contribution in [2.24, 2.45) is 16.6 Å². The Morgan fingerprint density at radius 2 is 2.32 bits per heavy atom. The Hall–Kier alpha value is -2.83. The lowest BCUT2D eigenvalue weighted by Crippen LogP contribution is -2.50. The lowest BCUT2D eigenvalue weighted by atomic mass is 9.75. The van der Waals surface area contributed by atoms with Gasteiger partial charge < -0.3 is 20.7 Å². The number of aliphatic imine (C=N–C) groups is 1. The zero-order chi connectivity index (χ0) is 22.2. The molecular weight excluding hydrogens is 417 g/mol. The Morgan fingerprint density at radius 1 is 1.52 bits per heavy atom. The number of nitriles is 1. The molecule has 162 valence electrons. The highest BCUT2D eigenvalue weighted by Gasteiger charge is 2.48. The molecule has 2 unspecified atom stereocenters. The lowest BCUT2D eigenvalue weighted by Gasteiger charge is -2.45. The normalized spacial score (nSPS) is 30.0. The topological polar surface area (TPSA) is 104 Å². The van der Waals surface area contributed by atoms with Crippen LogP contribution in [0.25, 0.3) is 0 Å². The van der Waals surface area contributed by atoms with Crippen LogP contribution in [-0.4, -0.2) is 47.5 Å². The van der Waals surface area contributed by atoms with E-state index in [1.165, 1.54) is 23.9 Å². The number of nitrogens with one attached hydrogen (secondary N) is 1. The number of fused-ring (bicyclic) bond motifs is 1. The monoisotopic (exact) mass is 441 g/mol. The number of carbonyl (C=O) groups excluding carboxylic acids is 1. The van der Waals surface area contributed by atoms with E-state index in [-0.39, 0.29) is 24.5 Å². The second kappa shape index (κ2) is 8.36. The molecule has 0 radical (unpaired) electrons. The number of nitrogens with zero attached hydrogens (tertiary/aromatic N) is 3. The average molecular weight is 442 g/mol. The minimum Gasteiger partial charge on any atom is -0.379 e. The number of ether oxygens (including phenoxy) is 1. The Balaban J connectivity index is 1.63. The maximum absolute atomic E-state index is 15.0. The summed E-state index contributed by atoms with van der Waals surface area (Å²) in [4.78, 5) is 19.2. The quantitative estimate of drug-likeness (QED) is 0.748. The van der Waals surface area contributed by atoms with Crippen LogP contribution in [0.15, 0.2) is 47.1 Å². The maximum Gasteiger partial charge on any atom is 0.251 e. The molecule has 3 aliphatic heterocycles. The first kappa shape index (κ1) is 21.4. The third-order valence-corrected chi connectivity index (χ3v) is 6.92. The number of nitrogens with two attached hydrogens (primary N) is 1. The van der Waals surface area contributed by atoms with Crippen molar-refractivity contribution in [3.63, 3.8) is 0 Å². The molecule has 31 heavy (non-hydrogen) atoms. The zero-order valence-electron chi connectivity index (χ0n) is 17.3. The van der Waals surface area contributed by atoms with Crippen molar-refractivity contribution in [1.82, 2.24) is 4.90 Å². The highest BCUT2D eigenvalue weighted by Crippen LogP contribution is 2.47. The van der Waals surface area contributed by atoms with Gasteiger partial charge in [-0.05, 0) is 37.6 Å². The zero-order valence-corrected chi connectivity index (χ0v) is 18.2. The first-order valence-electron chi connectivity index (χ1n) is 10.0. The van der Waals surface area contributed by atoms with Crippen LogP contribution in [0.3, 0.4) is 0 Å². The molecule has 0 saturated carbocycles. The predicted octanol–water partition coefficient (Wildman–Crippen LogP) is 2.72. The van der Waals surface area contributed by atoms with Gasteiger partial charge in [0.25, 0.3) is 5.91 Å². The third-order valence-electron chi connectivity index (χ3n) is 5.96. The number of benzene rings is 1. The second-order valence-corrected chi connectivity index (χ2v) is 9.13. The standard InChI is InChI=1S/C22H24FN5O2S/c1-13-7-15-11-31-21(25)27-22(15,12-30-13)17-8-16(4-5-18(17)23)26-20(29)19-6-3-14(9-24)10-28(19)2/h3-6,8,10,13,15,19H,7,11-12H2,1-2H3,(H2,25,27)(H,26,29)/t13-,15?,19?,22-/m0/s1. The molecule has 1 aromatic carbocycles. The van der Waals surface area contributed by atoms with Gasteiger partial charge in [0.2, 0.25) is 0 Å². The van der Waals surface area contributed by atoms with E-state index in [0.717, 1.165) is 12.2 Å². The second-order valence-electron chi connectivity index (χ2n) is 8.09. The lowest BCUT2D eigenvalue weighted by molar-refractivity contribution is -0.118. The number of rotatable bonds is 3. The van der Waals surface area contributed by atoms with Crippen LogP contribution >= 0.6 is 11.8 Å². The number of likely N-dealkylation sites (N-methyl/N-ethyl adjacent to an activating group) is 1. The van der Waals surface area contributed by atoms with Gasteiger partial charge in [0.1, 0.15) is 23.5 Å². The molecule has 3 aliphatic rings. The molecule has 0 aliphatic carbocycles. The summed E-state index contributed by atoms with van der Waals surface area (Å²) >= 11 is 1.48. The number of amides is 1. The van der Waals surface area contributed by atoms with Gasteiger partial charge in [-0.3, -0.25) is 4.79 Å². The number of thioether (sulfide) groups is 1. The van der Waals surface area contributed by atoms with Gasteiger partial charge in [0.05, 0.1) is 18.3 Å². The minimum atomic E-state index is -0.904. The summed E-state index contributed by atoms with van der Waals surface area (Å²) in [6.45, 7) is 2.24. The van der Waals surface area contributed by atoms with Gasteiger partial charge in [-0.25, -0.2) is 9.38 Å². The number of allylic oxidation sites excluding steroid dienone is 2. The first-order valence-corrected chi connectivity index (χ1v) is 11.0. The van der Waals surface area contributed by atoms with E-state index in [1.54, 1.807) is 36.4 Å². The van der Waals surface area contributed by atoms with E-state index >= 15 is 4.39 Å². The first-order chi connectivity index (χ1) is 14.8. The molecule has 0 bridgehead atoms. The summed E-state index contributed by atoms with van der Waals surface area (Å²) in [6, 6.07) is 5.98. The van der Waals surface area contributed by atoms with Crippen LogP contribution in [0.4, 0.5) is 10.1 Å². The molecule has 0 aromatic heterocycles. The summed E-state index contributed by atoms with van der Waals surface area (Å²) in [5, 5.41) is 12.3. The molecule has 9 heteroatoms. The van der Waals surface area contributed by atoms with Gasteiger partial charge >= 0.3 is 0 Å². The van der Waals surface area contributed by atoms with E-state index in [9.17, 15) is 4.79 Å². The van der Waals surface area contributed by atoms with Gasteiger partial charge in [-0.1, -0.05) is 17.8 Å². The predicted molar refractivity (Wildman–Crippen MR) is 119 cm³/mol. The molecule has 1 fully saturated rings. The molecule has 3 N–H and O–H groups in total. The fraction of sp³-hybridized carbons (Fsp3) is 0.409. The van der Waals surface area contributed by atoms with Gasteiger partial charge in [-0.15, -0.1) is 0 Å². The summed E-state index contributed by atoms with van der Waals surface area (Å²) in [5.74, 6) is 0.135. The molecule has 7 nitrogen and oxygen atoms in total. The Morgan fingerprint density at radius 3 is 3.06 bits per heavy atom. The van der Waals surface area contributed by atoms with E-state index in [2.05, 4.69) is 10.3 Å². The van der Waals surface area contributed by atoms with Crippen molar-refractivity contribution in [2.45, 2.75) is 31.0 Å². The molecule has 1 saturated heterocycles. The summed E-state index contributed by atoms with van der Waals surface area (Å²) in [5.41, 5.74) is 6.44. The van der Waals surface area contributed by atoms with E-state index in [4.69, 9.17) is 15.7 Å². The molecule has 1 amide bonds. The Bertz CT molecular complexity index is 1030. The van der Waals surface area contributed by atoms with Crippen LogP contribution < -0.4 is 11.1 Å². The molecule has 3 heterocycles. The summed E-state index contributed by atoms with van der Waals surface area (Å²) in [7, 11) is 1.72. The highest BCUT2D eigenvalue weighted by atomic mass is 32.2. The summed E-state index contributed by atoms with van der Waals surface area (Å²) in [6.07, 6.45) is 5.71. The highest BCUT2D eigenvalue weighted by molar-refractivity contribution is 8.13. The number of anilines is 1. The summed E-state index contributed by atoms with van der Waals surface area (Å²) < 4.78 is 20.9. The number of hydrogen-bond donors (Lipinski definition) is 2. The Kier molecular flexibility index (Phi) is 5.77. The third kappa shape index (κ3) is 4.05. The fourth-order valence-corrected chi connectivity index (χ4v) is 5.33. The Labute approximate surface area is 184 Å². The largest absolute Gasteiger partial charge is 0.379 e. The van der Waals surface area contributed by atoms with Crippen LogP contribution in [0.5, 0.6) is 0 Å². The van der Waals surface area contributed by atoms with Crippen molar-refractivity contribution in [3.05, 3.63) is 53.5 Å². The van der Waals surface area contributed by atoms with Crippen molar-refractivity contribution < 1.29 is 13.9 Å². The van der Waals surface area contributed by atoms with Crippen molar-refractivity contribution in [3.8, 4) is 6.07 Å². The fourth-order valence-electron chi connectivity index (χ4n) is 4.32. The maximum atomic E-state index is 15.0. The number of hydrogen-bond acceptors (Lipinski definition) is 7. The van der Waals surface area contributed by atoms with E-state index in [0.29, 0.717) is 22.0 Å². The SMILES string of the molecule is C[C@H]1CC2CSC(N)=N[C@@]2(c2cc(NC(=O)C3C=CC(C#N)=CN3C)ccc2F)CO1. The van der Waals surface area contributed by atoms with Crippen LogP contribution in [0.1, 0.15) is 18.9 Å². The minimum absolute atomic E-state index is 0.0687. The van der Waals surface area contributed by atoms with Crippen LogP contribution in [0.2, 0.25) is 0 Å². The van der Waals surface area contributed by atoms with E-state index < -0.39 is 17.4 Å². The van der Waals surface area contributed by atoms with Crippen LogP contribution in [-0.2, 0) is 15.1 Å². The van der Waals surface area contributed by atoms with Gasteiger partial charge in [-0.2, -0.15) is 5.26 Å². The molecule has 1 aromatic rings. The van der Waals surface area contributed by atoms with Crippen molar-refractivity contribution in [2.75, 3.05) is 24.7 Å².